The van der Waals surface area contributed by atoms with E-state index in [-0.39, 0.29) is 5.97 Å². The number of halogens is 1. The lowest BCUT2D eigenvalue weighted by molar-refractivity contribution is -0.144. The molecular formula is C24H28ClN3O3S. The average molecular weight is 474 g/mol. The topological polar surface area (TPSA) is 54.4 Å². The minimum Gasteiger partial charge on any atom is -0.466 e. The normalized spacial score (nSPS) is 16.1. The van der Waals surface area contributed by atoms with Gasteiger partial charge in [-0.1, -0.05) is 35.5 Å². The summed E-state index contributed by atoms with van der Waals surface area (Å²) >= 11 is 8.10. The predicted molar refractivity (Wildman–Crippen MR) is 128 cm³/mol. The zero-order valence-corrected chi connectivity index (χ0v) is 19.8. The molecule has 1 saturated heterocycles. The van der Waals surface area contributed by atoms with Gasteiger partial charge >= 0.3 is 5.97 Å². The van der Waals surface area contributed by atoms with E-state index in [0.717, 1.165) is 59.7 Å². The molecule has 8 heteroatoms. The predicted octanol–water partition coefficient (Wildman–Crippen LogP) is 4.47. The van der Waals surface area contributed by atoms with Gasteiger partial charge in [0.2, 0.25) is 0 Å². The minimum absolute atomic E-state index is 0.203. The molecule has 4 rings (SSSR count). The maximum Gasteiger partial charge on any atom is 0.308 e. The standard InChI is InChI=1S/C24H28ClN3O3S/c1-2-31-23(29)9-15-30-16-14-27-10-12-28(13-11-27)24-19-17-18(25)7-8-21(19)32-22-6-4-3-5-20(22)26-24/h3-8,17H,2,9-16H2,1H3. The Morgan fingerprint density at radius 3 is 2.72 bits per heavy atom. The number of rotatable bonds is 7. The first-order chi connectivity index (χ1) is 15.6. The van der Waals surface area contributed by atoms with E-state index in [1.165, 1.54) is 4.90 Å². The first-order valence-electron chi connectivity index (χ1n) is 11.0. The van der Waals surface area contributed by atoms with Crippen molar-refractivity contribution in [3.63, 3.8) is 0 Å². The third-order valence-electron chi connectivity index (χ3n) is 5.47. The number of hydrogen-bond donors (Lipinski definition) is 0. The number of aliphatic imine (C=N–C) groups is 1. The van der Waals surface area contributed by atoms with Gasteiger partial charge in [-0.05, 0) is 37.3 Å². The number of ether oxygens (including phenoxy) is 2. The number of benzene rings is 2. The van der Waals surface area contributed by atoms with Gasteiger partial charge in [-0.25, -0.2) is 4.99 Å². The van der Waals surface area contributed by atoms with E-state index in [9.17, 15) is 4.79 Å². The van der Waals surface area contributed by atoms with E-state index >= 15 is 0 Å². The van der Waals surface area contributed by atoms with Gasteiger partial charge in [-0.3, -0.25) is 9.69 Å². The minimum atomic E-state index is -0.203. The van der Waals surface area contributed by atoms with Crippen molar-refractivity contribution < 1.29 is 14.3 Å². The highest BCUT2D eigenvalue weighted by Crippen LogP contribution is 2.41. The maximum absolute atomic E-state index is 11.4. The molecule has 2 aromatic carbocycles. The Morgan fingerprint density at radius 1 is 1.09 bits per heavy atom. The fourth-order valence-electron chi connectivity index (χ4n) is 3.80. The van der Waals surface area contributed by atoms with Crippen LogP contribution in [0.2, 0.25) is 5.02 Å². The molecule has 2 aliphatic rings. The number of hydrogen-bond acceptors (Lipinski definition) is 7. The fraction of sp³-hybridized carbons (Fsp3) is 0.417. The van der Waals surface area contributed by atoms with Crippen molar-refractivity contribution in [2.45, 2.75) is 23.1 Å². The van der Waals surface area contributed by atoms with Crippen molar-refractivity contribution >= 4 is 40.9 Å². The molecule has 0 amide bonds. The zero-order chi connectivity index (χ0) is 22.3. The molecule has 2 aliphatic heterocycles. The van der Waals surface area contributed by atoms with Crippen molar-refractivity contribution in [1.29, 1.82) is 0 Å². The Kier molecular flexibility index (Phi) is 8.08. The molecule has 0 N–H and O–H groups in total. The van der Waals surface area contributed by atoms with Crippen LogP contribution in [0.5, 0.6) is 0 Å². The van der Waals surface area contributed by atoms with Crippen molar-refractivity contribution in [2.75, 3.05) is 52.5 Å². The smallest absolute Gasteiger partial charge is 0.308 e. The van der Waals surface area contributed by atoms with Crippen LogP contribution in [0.3, 0.4) is 0 Å². The van der Waals surface area contributed by atoms with Gasteiger partial charge in [0.15, 0.2) is 0 Å². The Morgan fingerprint density at radius 2 is 1.91 bits per heavy atom. The summed E-state index contributed by atoms with van der Waals surface area (Å²) in [5, 5.41) is 0.724. The molecule has 0 spiro atoms. The highest BCUT2D eigenvalue weighted by molar-refractivity contribution is 7.99. The molecule has 0 saturated carbocycles. The van der Waals surface area contributed by atoms with Gasteiger partial charge in [0.25, 0.3) is 0 Å². The molecule has 170 valence electrons. The quantitative estimate of drug-likeness (QED) is 0.437. The molecule has 0 atom stereocenters. The number of piperazine rings is 1. The van der Waals surface area contributed by atoms with Crippen molar-refractivity contribution in [1.82, 2.24) is 9.80 Å². The largest absolute Gasteiger partial charge is 0.466 e. The molecule has 0 unspecified atom stereocenters. The fourth-order valence-corrected chi connectivity index (χ4v) is 4.97. The Bertz CT molecular complexity index is 977. The number of amidine groups is 1. The van der Waals surface area contributed by atoms with Crippen LogP contribution in [0.15, 0.2) is 57.2 Å². The van der Waals surface area contributed by atoms with E-state index in [1.807, 2.05) is 25.1 Å². The summed E-state index contributed by atoms with van der Waals surface area (Å²) in [4.78, 5) is 23.5. The summed E-state index contributed by atoms with van der Waals surface area (Å²) in [5.41, 5.74) is 2.09. The number of para-hydroxylation sites is 1. The summed E-state index contributed by atoms with van der Waals surface area (Å²) in [7, 11) is 0. The summed E-state index contributed by atoms with van der Waals surface area (Å²) in [6.45, 7) is 7.74. The zero-order valence-electron chi connectivity index (χ0n) is 18.3. The Labute approximate surface area is 198 Å². The molecule has 0 aliphatic carbocycles. The van der Waals surface area contributed by atoms with E-state index in [4.69, 9.17) is 26.1 Å². The van der Waals surface area contributed by atoms with Gasteiger partial charge in [-0.2, -0.15) is 0 Å². The second-order valence-corrected chi connectivity index (χ2v) is 9.16. The maximum atomic E-state index is 11.4. The van der Waals surface area contributed by atoms with Gasteiger partial charge in [-0.15, -0.1) is 0 Å². The first kappa shape index (κ1) is 23.1. The van der Waals surface area contributed by atoms with Gasteiger partial charge < -0.3 is 14.4 Å². The molecule has 2 aromatic rings. The van der Waals surface area contributed by atoms with E-state index < -0.39 is 0 Å². The summed E-state index contributed by atoms with van der Waals surface area (Å²) < 4.78 is 10.5. The SMILES string of the molecule is CCOC(=O)CCOCCN1CCN(C2=Nc3ccccc3Sc3ccc(Cl)cc32)CC1. The molecular weight excluding hydrogens is 446 g/mol. The van der Waals surface area contributed by atoms with Crippen LogP contribution in [0.4, 0.5) is 5.69 Å². The van der Waals surface area contributed by atoms with Crippen LogP contribution >= 0.6 is 23.4 Å². The van der Waals surface area contributed by atoms with Crippen LogP contribution in [0.25, 0.3) is 0 Å². The lowest BCUT2D eigenvalue weighted by atomic mass is 10.1. The monoisotopic (exact) mass is 473 g/mol. The number of carbonyl (C=O) groups is 1. The van der Waals surface area contributed by atoms with Crippen molar-refractivity contribution in [3.05, 3.63) is 53.1 Å². The number of fused-ring (bicyclic) bond motifs is 2. The first-order valence-corrected chi connectivity index (χ1v) is 12.2. The second kappa shape index (κ2) is 11.2. The average Bonchev–Trinajstić information content (AvgIpc) is 2.96. The highest BCUT2D eigenvalue weighted by Gasteiger charge is 2.25. The van der Waals surface area contributed by atoms with E-state index in [0.29, 0.717) is 26.2 Å². The lowest BCUT2D eigenvalue weighted by Gasteiger charge is -2.36. The van der Waals surface area contributed by atoms with E-state index in [2.05, 4.69) is 34.1 Å². The lowest BCUT2D eigenvalue weighted by Crippen LogP contribution is -2.49. The van der Waals surface area contributed by atoms with Gasteiger partial charge in [0.1, 0.15) is 5.84 Å². The van der Waals surface area contributed by atoms with Crippen LogP contribution in [0.1, 0.15) is 18.9 Å². The number of nitrogens with zero attached hydrogens (tertiary/aromatic N) is 3. The third kappa shape index (κ3) is 5.84. The third-order valence-corrected chi connectivity index (χ3v) is 6.85. The van der Waals surface area contributed by atoms with Crippen LogP contribution in [-0.2, 0) is 14.3 Å². The van der Waals surface area contributed by atoms with Crippen LogP contribution < -0.4 is 0 Å². The highest BCUT2D eigenvalue weighted by atomic mass is 35.5. The molecule has 1 fully saturated rings. The molecule has 0 bridgehead atoms. The Hall–Kier alpha value is -2.06. The molecule has 0 radical (unpaired) electrons. The van der Waals surface area contributed by atoms with E-state index in [1.54, 1.807) is 11.8 Å². The molecule has 2 heterocycles. The summed E-state index contributed by atoms with van der Waals surface area (Å²) in [6.07, 6.45) is 0.308. The van der Waals surface area contributed by atoms with Gasteiger partial charge in [0, 0.05) is 53.1 Å². The second-order valence-electron chi connectivity index (χ2n) is 7.64. The molecule has 32 heavy (non-hydrogen) atoms. The van der Waals surface area contributed by atoms with Crippen molar-refractivity contribution in [3.8, 4) is 0 Å². The van der Waals surface area contributed by atoms with Gasteiger partial charge in [0.05, 0.1) is 31.9 Å². The Balaban J connectivity index is 1.36. The summed E-state index contributed by atoms with van der Waals surface area (Å²) in [6, 6.07) is 14.3. The summed E-state index contributed by atoms with van der Waals surface area (Å²) in [5.74, 6) is 0.788. The van der Waals surface area contributed by atoms with Crippen LogP contribution in [-0.4, -0.2) is 74.1 Å². The van der Waals surface area contributed by atoms with Crippen molar-refractivity contribution in [2.24, 2.45) is 4.99 Å². The number of carbonyl (C=O) groups excluding carboxylic acids is 1. The number of esters is 1. The molecule has 6 nitrogen and oxygen atoms in total. The molecule has 0 aromatic heterocycles. The van der Waals surface area contributed by atoms with Crippen LogP contribution in [0, 0.1) is 0 Å².